The first-order chi connectivity index (χ1) is 6.12. The third-order valence-corrected chi connectivity index (χ3v) is 2.03. The molecule has 0 saturated carbocycles. The number of hydrogen-bond acceptors (Lipinski definition) is 8. The first-order valence-corrected chi connectivity index (χ1v) is 7.24. The van der Waals surface area contributed by atoms with Crippen LogP contribution in [0.2, 0.25) is 0 Å². The predicted molar refractivity (Wildman–Crippen MR) is 58.9 cm³/mol. The van der Waals surface area contributed by atoms with Crippen molar-refractivity contribution in [2.75, 3.05) is 13.2 Å². The lowest BCUT2D eigenvalue weighted by Gasteiger charge is -2.05. The highest BCUT2D eigenvalue weighted by atomic mass is 28.4. The molecule has 0 aliphatic heterocycles. The SMILES string of the molecule is CCO[Si](O)(O)O.CCO[Si](O)(O)O.O.O.O. The predicted octanol–water partition coefficient (Wildman–Crippen LogP) is -5.60. The minimum Gasteiger partial charge on any atom is -0.412 e. The summed E-state index contributed by atoms with van der Waals surface area (Å²) in [5.74, 6) is 0. The summed E-state index contributed by atoms with van der Waals surface area (Å²) < 4.78 is 8.07. The summed E-state index contributed by atoms with van der Waals surface area (Å²) >= 11 is 0. The van der Waals surface area contributed by atoms with Crippen molar-refractivity contribution in [2.24, 2.45) is 0 Å². The number of hydrogen-bond donors (Lipinski definition) is 6. The van der Waals surface area contributed by atoms with E-state index in [1.807, 2.05) is 0 Å². The number of rotatable bonds is 4. The van der Waals surface area contributed by atoms with Crippen molar-refractivity contribution in [2.45, 2.75) is 13.8 Å². The molecular formula is C4H22O11Si2. The minimum absolute atomic E-state index is 0. The van der Waals surface area contributed by atoms with Gasteiger partial charge in [-0.2, -0.15) is 0 Å². The molecule has 0 fully saturated rings. The van der Waals surface area contributed by atoms with Crippen molar-refractivity contribution in [3.8, 4) is 0 Å². The van der Waals surface area contributed by atoms with Gasteiger partial charge in [-0.3, -0.25) is 0 Å². The van der Waals surface area contributed by atoms with Gasteiger partial charge in [0, 0.05) is 13.2 Å². The molecule has 0 aliphatic rings. The average molecular weight is 302 g/mol. The average Bonchev–Trinajstić information content (AvgIpc) is 1.81. The van der Waals surface area contributed by atoms with Crippen LogP contribution in [0, 0.1) is 0 Å². The Labute approximate surface area is 100 Å². The smallest absolute Gasteiger partial charge is 0.412 e. The summed E-state index contributed by atoms with van der Waals surface area (Å²) in [6.07, 6.45) is 0. The first-order valence-electron chi connectivity index (χ1n) is 3.74. The van der Waals surface area contributed by atoms with Crippen LogP contribution in [0.5, 0.6) is 0 Å². The molecule has 0 bridgehead atoms. The van der Waals surface area contributed by atoms with Crippen molar-refractivity contribution in [1.29, 1.82) is 0 Å². The van der Waals surface area contributed by atoms with E-state index in [0.29, 0.717) is 0 Å². The fraction of sp³-hybridized carbons (Fsp3) is 1.00. The minimum atomic E-state index is -4.16. The molecule has 0 radical (unpaired) electrons. The maximum absolute atomic E-state index is 8.05. The van der Waals surface area contributed by atoms with Crippen LogP contribution in [0.3, 0.4) is 0 Å². The normalized spacial score (nSPS) is 9.88. The van der Waals surface area contributed by atoms with Gasteiger partial charge in [-0.15, -0.1) is 0 Å². The molecule has 12 N–H and O–H groups in total. The maximum atomic E-state index is 8.05. The van der Waals surface area contributed by atoms with E-state index in [0.717, 1.165) is 0 Å². The van der Waals surface area contributed by atoms with Crippen LogP contribution in [0.25, 0.3) is 0 Å². The van der Waals surface area contributed by atoms with Gasteiger partial charge < -0.3 is 54.1 Å². The van der Waals surface area contributed by atoms with Gasteiger partial charge in [0.1, 0.15) is 0 Å². The summed E-state index contributed by atoms with van der Waals surface area (Å²) in [6, 6.07) is 0. The van der Waals surface area contributed by atoms with Crippen molar-refractivity contribution >= 4 is 18.1 Å². The Morgan fingerprint density at radius 3 is 0.824 bits per heavy atom. The van der Waals surface area contributed by atoms with Gasteiger partial charge in [0.05, 0.1) is 0 Å². The lowest BCUT2D eigenvalue weighted by molar-refractivity contribution is 0.0669. The Balaban J connectivity index is -0.0000000480. The molecule has 0 unspecified atom stereocenters. The molecule has 0 amide bonds. The molecule has 0 saturated heterocycles. The highest BCUT2D eigenvalue weighted by Crippen LogP contribution is 1.85. The Morgan fingerprint density at radius 2 is 0.824 bits per heavy atom. The molecule has 0 aromatic heterocycles. The summed E-state index contributed by atoms with van der Waals surface area (Å²) in [4.78, 5) is 48.3. The Bertz CT molecular complexity index is 114. The molecule has 0 spiro atoms. The summed E-state index contributed by atoms with van der Waals surface area (Å²) in [6.45, 7) is 3.36. The quantitative estimate of drug-likeness (QED) is 0.273. The van der Waals surface area contributed by atoms with Crippen molar-refractivity contribution in [1.82, 2.24) is 0 Å². The molecule has 0 atom stereocenters. The van der Waals surface area contributed by atoms with E-state index in [9.17, 15) is 0 Å². The van der Waals surface area contributed by atoms with Gasteiger partial charge in [0.2, 0.25) is 0 Å². The van der Waals surface area contributed by atoms with Crippen molar-refractivity contribution in [3.63, 3.8) is 0 Å². The van der Waals surface area contributed by atoms with Crippen molar-refractivity contribution in [3.05, 3.63) is 0 Å². The van der Waals surface area contributed by atoms with Gasteiger partial charge in [0.25, 0.3) is 0 Å². The lowest BCUT2D eigenvalue weighted by Crippen LogP contribution is -2.38. The molecule has 0 rings (SSSR count). The largest absolute Gasteiger partial charge is 0.671 e. The van der Waals surface area contributed by atoms with Crippen LogP contribution >= 0.6 is 0 Å². The molecular weight excluding hydrogens is 280 g/mol. The fourth-order valence-corrected chi connectivity index (χ4v) is 1.16. The van der Waals surface area contributed by atoms with E-state index in [1.54, 1.807) is 13.8 Å². The second-order valence-corrected chi connectivity index (χ2v) is 4.89. The van der Waals surface area contributed by atoms with Crippen LogP contribution in [0.1, 0.15) is 13.8 Å². The third kappa shape index (κ3) is 49.0. The zero-order valence-corrected chi connectivity index (χ0v) is 11.4. The second kappa shape index (κ2) is 14.1. The maximum Gasteiger partial charge on any atom is 0.671 e. The zero-order chi connectivity index (χ0) is 11.8. The highest BCUT2D eigenvalue weighted by Gasteiger charge is 2.29. The van der Waals surface area contributed by atoms with Crippen molar-refractivity contribution < 1.29 is 54.1 Å². The standard InChI is InChI=1S/2C2H8O4Si.3H2O/c2*1-2-6-7(3,4)5;;;/h2*3-5H,2H2,1H3;3*1H2. The zero-order valence-electron chi connectivity index (χ0n) is 9.41. The molecule has 112 valence electrons. The van der Waals surface area contributed by atoms with E-state index in [-0.39, 0.29) is 29.6 Å². The Hall–Kier alpha value is -0.00623. The monoisotopic (exact) mass is 302 g/mol. The van der Waals surface area contributed by atoms with Gasteiger partial charge in [-0.05, 0) is 13.8 Å². The van der Waals surface area contributed by atoms with E-state index >= 15 is 0 Å². The lowest BCUT2D eigenvalue weighted by atomic mass is 10.9. The van der Waals surface area contributed by atoms with Crippen LogP contribution in [-0.4, -0.2) is 76.5 Å². The highest BCUT2D eigenvalue weighted by molar-refractivity contribution is 6.48. The van der Waals surface area contributed by atoms with E-state index < -0.39 is 18.1 Å². The van der Waals surface area contributed by atoms with Crippen LogP contribution in [0.15, 0.2) is 0 Å². The van der Waals surface area contributed by atoms with Crippen LogP contribution in [0.4, 0.5) is 0 Å². The third-order valence-electron chi connectivity index (χ3n) is 0.676. The van der Waals surface area contributed by atoms with Gasteiger partial charge in [-0.25, -0.2) is 0 Å². The van der Waals surface area contributed by atoms with E-state index in [2.05, 4.69) is 8.85 Å². The molecule has 0 aliphatic carbocycles. The summed E-state index contributed by atoms with van der Waals surface area (Å²) in [5, 5.41) is 0. The first kappa shape index (κ1) is 30.2. The van der Waals surface area contributed by atoms with E-state index in [4.69, 9.17) is 28.8 Å². The fourth-order valence-electron chi connectivity index (χ4n) is 0.387. The summed E-state index contributed by atoms with van der Waals surface area (Å²) in [7, 11) is -8.31. The van der Waals surface area contributed by atoms with Gasteiger partial charge in [0.15, 0.2) is 0 Å². The molecule has 17 heavy (non-hydrogen) atoms. The topological polar surface area (TPSA) is 234 Å². The Kier molecular flexibility index (Phi) is 25.0. The molecule has 11 nitrogen and oxygen atoms in total. The summed E-state index contributed by atoms with van der Waals surface area (Å²) in [5.41, 5.74) is 0. The van der Waals surface area contributed by atoms with Crippen LogP contribution < -0.4 is 0 Å². The van der Waals surface area contributed by atoms with Gasteiger partial charge >= 0.3 is 18.1 Å². The molecule has 0 heterocycles. The molecule has 0 aromatic carbocycles. The van der Waals surface area contributed by atoms with E-state index in [1.165, 1.54) is 0 Å². The Morgan fingerprint density at radius 1 is 0.647 bits per heavy atom. The second-order valence-electron chi connectivity index (χ2n) is 2.01. The van der Waals surface area contributed by atoms with Crippen LogP contribution in [-0.2, 0) is 8.85 Å². The van der Waals surface area contributed by atoms with Gasteiger partial charge in [-0.1, -0.05) is 0 Å². The molecule has 13 heteroatoms. The molecule has 0 aromatic rings.